The first-order valence-corrected chi connectivity index (χ1v) is 16.8. The minimum atomic E-state index is -4.13. The van der Waals surface area contributed by atoms with Crippen LogP contribution in [0.2, 0.25) is 0 Å². The number of thiazole rings is 1. The number of ether oxygens (including phenoxy) is 2. The number of aromatic nitrogens is 1. The van der Waals surface area contributed by atoms with Gasteiger partial charge in [0.25, 0.3) is 5.91 Å². The van der Waals surface area contributed by atoms with Gasteiger partial charge in [-0.05, 0) is 70.2 Å². The average molecular weight is 608 g/mol. The van der Waals surface area contributed by atoms with Gasteiger partial charge in [-0.2, -0.15) is 4.99 Å². The molecule has 13 heteroatoms. The van der Waals surface area contributed by atoms with Gasteiger partial charge in [0.15, 0.2) is 14.6 Å². The first kappa shape index (κ1) is 29.9. The maximum atomic E-state index is 12.8. The molecular weight excluding hydrogens is 575 g/mol. The summed E-state index contributed by atoms with van der Waals surface area (Å²) in [7, 11) is -4.13. The van der Waals surface area contributed by atoms with Gasteiger partial charge in [0.1, 0.15) is 22.3 Å². The van der Waals surface area contributed by atoms with Gasteiger partial charge in [-0.3, -0.25) is 9.59 Å². The molecule has 0 atom stereocenters. The van der Waals surface area contributed by atoms with Crippen LogP contribution in [0, 0.1) is 0 Å². The van der Waals surface area contributed by atoms with Crippen LogP contribution in [0.25, 0.3) is 10.2 Å². The molecule has 0 aliphatic heterocycles. The Kier molecular flexibility index (Phi) is 9.80. The highest BCUT2D eigenvalue weighted by molar-refractivity contribution is 7.92. The van der Waals surface area contributed by atoms with Crippen LogP contribution in [0.3, 0.4) is 0 Å². The van der Waals surface area contributed by atoms with E-state index in [-0.39, 0.29) is 6.61 Å². The summed E-state index contributed by atoms with van der Waals surface area (Å²) < 4.78 is 39.0. The second-order valence-corrected chi connectivity index (χ2v) is 13.4. The molecule has 0 fully saturated rings. The molecule has 4 rings (SSSR count). The van der Waals surface area contributed by atoms with Crippen LogP contribution in [-0.2, 0) is 43.5 Å². The minimum Gasteiger partial charge on any atom is -0.494 e. The standard InChI is InChI=1S/C27H33N3O7S3/c1-4-30-19-13-12-17(36-5-2)14-21(19)39-27(30)29-23(32)16-40(34,35)15-22(31)28-25-24(26(33)37-6-3)18-10-8-7-9-11-20(18)38-25/h12-14H,4-11,15-16H2,1-3H3,(H,28,31). The molecule has 216 valence electrons. The number of carbonyl (C=O) groups excluding carboxylic acids is 3. The van der Waals surface area contributed by atoms with E-state index in [0.717, 1.165) is 46.3 Å². The number of benzene rings is 1. The number of fused-ring (bicyclic) bond motifs is 2. The van der Waals surface area contributed by atoms with E-state index in [4.69, 9.17) is 9.47 Å². The lowest BCUT2D eigenvalue weighted by Gasteiger charge is -2.08. The van der Waals surface area contributed by atoms with Crippen molar-refractivity contribution in [3.05, 3.63) is 39.0 Å². The minimum absolute atomic E-state index is 0.183. The summed E-state index contributed by atoms with van der Waals surface area (Å²) in [5.74, 6) is -3.33. The Hall–Kier alpha value is -3.03. The van der Waals surface area contributed by atoms with Crippen molar-refractivity contribution in [2.75, 3.05) is 30.0 Å². The van der Waals surface area contributed by atoms with Gasteiger partial charge >= 0.3 is 5.97 Å². The number of esters is 1. The molecule has 1 aliphatic carbocycles. The number of sulfone groups is 1. The van der Waals surface area contributed by atoms with Crippen molar-refractivity contribution in [1.82, 2.24) is 4.57 Å². The zero-order chi connectivity index (χ0) is 28.9. The quantitative estimate of drug-likeness (QED) is 0.271. The van der Waals surface area contributed by atoms with Crippen LogP contribution in [0.1, 0.15) is 60.8 Å². The fraction of sp³-hybridized carbons (Fsp3) is 0.481. The zero-order valence-electron chi connectivity index (χ0n) is 22.8. The summed E-state index contributed by atoms with van der Waals surface area (Å²) in [6.45, 7) is 6.73. The van der Waals surface area contributed by atoms with Gasteiger partial charge < -0.3 is 19.4 Å². The largest absolute Gasteiger partial charge is 0.494 e. The Labute approximate surface area is 240 Å². The number of nitrogens with zero attached hydrogens (tertiary/aromatic N) is 2. The van der Waals surface area contributed by atoms with Gasteiger partial charge in [0, 0.05) is 11.4 Å². The highest BCUT2D eigenvalue weighted by Crippen LogP contribution is 2.38. The summed E-state index contributed by atoms with van der Waals surface area (Å²) in [6, 6.07) is 5.56. The highest BCUT2D eigenvalue weighted by Gasteiger charge is 2.28. The molecule has 1 aliphatic rings. The van der Waals surface area contributed by atoms with E-state index in [1.54, 1.807) is 6.92 Å². The Morgan fingerprint density at radius 3 is 2.52 bits per heavy atom. The van der Waals surface area contributed by atoms with Crippen LogP contribution in [0.15, 0.2) is 23.2 Å². The SMILES string of the molecule is CCOC(=O)c1c(NC(=O)CS(=O)(=O)CC(=O)N=c2sc3cc(OCC)ccc3n2CC)sc2c1CCCCC2. The molecule has 2 amide bonds. The van der Waals surface area contributed by atoms with Crippen LogP contribution in [0.4, 0.5) is 5.00 Å². The zero-order valence-corrected chi connectivity index (χ0v) is 25.2. The molecule has 0 saturated carbocycles. The summed E-state index contributed by atoms with van der Waals surface area (Å²) >= 11 is 2.55. The molecule has 0 saturated heterocycles. The molecule has 3 aromatic rings. The van der Waals surface area contributed by atoms with E-state index in [9.17, 15) is 22.8 Å². The van der Waals surface area contributed by atoms with Crippen molar-refractivity contribution >= 4 is 65.5 Å². The number of hydrogen-bond acceptors (Lipinski definition) is 9. The van der Waals surface area contributed by atoms with Crippen molar-refractivity contribution in [3.8, 4) is 5.75 Å². The lowest BCUT2D eigenvalue weighted by Crippen LogP contribution is -2.28. The van der Waals surface area contributed by atoms with Gasteiger partial charge in [-0.25, -0.2) is 13.2 Å². The molecule has 10 nitrogen and oxygen atoms in total. The third-order valence-corrected chi connectivity index (χ3v) is 9.99. The van der Waals surface area contributed by atoms with E-state index < -0.39 is 39.1 Å². The Morgan fingerprint density at radius 2 is 1.80 bits per heavy atom. The fourth-order valence-electron chi connectivity index (χ4n) is 4.69. The lowest BCUT2D eigenvalue weighted by molar-refractivity contribution is -0.115. The third-order valence-electron chi connectivity index (χ3n) is 6.35. The monoisotopic (exact) mass is 607 g/mol. The molecular formula is C27H33N3O7S3. The van der Waals surface area contributed by atoms with E-state index in [1.165, 1.54) is 22.7 Å². The molecule has 40 heavy (non-hydrogen) atoms. The Balaban J connectivity index is 1.50. The summed E-state index contributed by atoms with van der Waals surface area (Å²) in [5.41, 5.74) is 2.03. The molecule has 0 spiro atoms. The lowest BCUT2D eigenvalue weighted by atomic mass is 10.1. The summed E-state index contributed by atoms with van der Waals surface area (Å²) in [6.07, 6.45) is 4.45. The molecule has 1 N–H and O–H groups in total. The van der Waals surface area contributed by atoms with Gasteiger partial charge in [0.2, 0.25) is 5.91 Å². The van der Waals surface area contributed by atoms with E-state index in [2.05, 4.69) is 10.3 Å². The first-order chi connectivity index (χ1) is 19.2. The topological polar surface area (TPSA) is 133 Å². The number of amides is 2. The van der Waals surface area contributed by atoms with Crippen LogP contribution in [0.5, 0.6) is 5.75 Å². The van der Waals surface area contributed by atoms with Gasteiger partial charge in [-0.15, -0.1) is 11.3 Å². The van der Waals surface area contributed by atoms with E-state index >= 15 is 0 Å². The number of thiophene rings is 1. The molecule has 2 aromatic heterocycles. The van der Waals surface area contributed by atoms with Gasteiger partial charge in [0.05, 0.1) is 29.0 Å². The van der Waals surface area contributed by atoms with Crippen molar-refractivity contribution in [3.63, 3.8) is 0 Å². The molecule has 0 unspecified atom stereocenters. The molecule has 2 heterocycles. The second-order valence-electron chi connectivity index (χ2n) is 9.27. The number of anilines is 1. The second kappa shape index (κ2) is 13.1. The maximum Gasteiger partial charge on any atom is 0.341 e. The fourth-order valence-corrected chi connectivity index (χ4v) is 8.14. The molecule has 0 bridgehead atoms. The Morgan fingerprint density at radius 1 is 1.02 bits per heavy atom. The molecule has 0 radical (unpaired) electrons. The normalized spacial score (nSPS) is 14.0. The number of carbonyl (C=O) groups is 3. The average Bonchev–Trinajstić information content (AvgIpc) is 3.29. The highest BCUT2D eigenvalue weighted by atomic mass is 32.2. The number of hydrogen-bond donors (Lipinski definition) is 1. The summed E-state index contributed by atoms with van der Waals surface area (Å²) in [4.78, 5) is 43.6. The van der Waals surface area contributed by atoms with Crippen molar-refractivity contribution in [2.24, 2.45) is 4.99 Å². The predicted molar refractivity (Wildman–Crippen MR) is 156 cm³/mol. The third kappa shape index (κ3) is 6.99. The van der Waals surface area contributed by atoms with E-state index in [1.807, 2.05) is 36.6 Å². The van der Waals surface area contributed by atoms with Crippen molar-refractivity contribution < 1.29 is 32.3 Å². The predicted octanol–water partition coefficient (Wildman–Crippen LogP) is 4.11. The number of rotatable bonds is 10. The van der Waals surface area contributed by atoms with Gasteiger partial charge in [-0.1, -0.05) is 17.8 Å². The van der Waals surface area contributed by atoms with Crippen LogP contribution >= 0.6 is 22.7 Å². The maximum absolute atomic E-state index is 12.8. The van der Waals surface area contributed by atoms with E-state index in [0.29, 0.717) is 40.7 Å². The van der Waals surface area contributed by atoms with Crippen LogP contribution < -0.4 is 14.9 Å². The number of nitrogens with one attached hydrogen (secondary N) is 1. The van der Waals surface area contributed by atoms with Crippen LogP contribution in [-0.4, -0.2) is 55.5 Å². The first-order valence-electron chi connectivity index (χ1n) is 13.3. The summed E-state index contributed by atoms with van der Waals surface area (Å²) in [5, 5.41) is 2.90. The smallest absolute Gasteiger partial charge is 0.341 e. The number of aryl methyl sites for hydroxylation is 2. The van der Waals surface area contributed by atoms with Crippen molar-refractivity contribution in [1.29, 1.82) is 0 Å². The Bertz CT molecular complexity index is 1600. The van der Waals surface area contributed by atoms with Crippen molar-refractivity contribution in [2.45, 2.75) is 59.4 Å². The molecule has 1 aromatic carbocycles.